The number of pyridine rings is 1. The van der Waals surface area contributed by atoms with Crippen molar-refractivity contribution >= 4 is 22.5 Å². The normalized spacial score (nSPS) is 19.1. The zero-order valence-corrected chi connectivity index (χ0v) is 18.5. The van der Waals surface area contributed by atoms with Crippen molar-refractivity contribution in [1.82, 2.24) is 15.6 Å². The number of benzene rings is 2. The Bertz CT molecular complexity index is 1340. The summed E-state index contributed by atoms with van der Waals surface area (Å²) in [5.74, 6) is -2.49. The number of aromatic nitrogens is 1. The number of fused-ring (bicyclic) bond motifs is 1. The second-order valence-electron chi connectivity index (χ2n) is 8.19. The minimum Gasteiger partial charge on any atom is -0.475 e. The van der Waals surface area contributed by atoms with E-state index >= 15 is 0 Å². The van der Waals surface area contributed by atoms with Gasteiger partial charge in [-0.25, -0.2) is 4.79 Å². The first-order valence-electron chi connectivity index (χ1n) is 10.8. The molecule has 1 fully saturated rings. The quantitative estimate of drug-likeness (QED) is 0.377. The van der Waals surface area contributed by atoms with Gasteiger partial charge in [0.25, 0.3) is 11.3 Å². The Balaban J connectivity index is 1.58. The number of carboxylic acid groups (broad SMARTS) is 1. The molecule has 0 amide bonds. The Labute approximate surface area is 197 Å². The van der Waals surface area contributed by atoms with Crippen LogP contribution < -0.4 is 16.2 Å². The van der Waals surface area contributed by atoms with E-state index in [2.05, 4.69) is 15.6 Å². The fourth-order valence-electron chi connectivity index (χ4n) is 4.18. The molecule has 0 spiro atoms. The van der Waals surface area contributed by atoms with Gasteiger partial charge in [0, 0.05) is 23.2 Å². The van der Waals surface area contributed by atoms with Crippen molar-refractivity contribution in [3.05, 3.63) is 70.0 Å². The third-order valence-electron chi connectivity index (χ3n) is 5.93. The lowest BCUT2D eigenvalue weighted by Gasteiger charge is -2.18. The number of carbonyl (C=O) groups is 2. The molecule has 1 aliphatic heterocycles. The Morgan fingerprint density at radius 2 is 1.94 bits per heavy atom. The van der Waals surface area contributed by atoms with E-state index in [0.29, 0.717) is 17.5 Å². The summed E-state index contributed by atoms with van der Waals surface area (Å²) >= 11 is 0. The van der Waals surface area contributed by atoms with Crippen molar-refractivity contribution in [1.29, 1.82) is 0 Å². The molecule has 2 unspecified atom stereocenters. The molecule has 0 radical (unpaired) electrons. The van der Waals surface area contributed by atoms with Crippen LogP contribution in [0.15, 0.2) is 53.3 Å². The van der Waals surface area contributed by atoms with E-state index in [4.69, 9.17) is 9.84 Å². The minimum absolute atomic E-state index is 0.0553. The van der Waals surface area contributed by atoms with E-state index in [-0.39, 0.29) is 23.1 Å². The number of alkyl halides is 3. The van der Waals surface area contributed by atoms with Gasteiger partial charge >= 0.3 is 12.1 Å². The Hall–Kier alpha value is -3.54. The number of carboxylic acids is 1. The van der Waals surface area contributed by atoms with Gasteiger partial charge in [-0.05, 0) is 42.6 Å². The molecule has 184 valence electrons. The van der Waals surface area contributed by atoms with Gasteiger partial charge in [-0.15, -0.1) is 0 Å². The molecule has 0 aliphatic carbocycles. The van der Waals surface area contributed by atoms with E-state index in [1.165, 1.54) is 31.3 Å². The number of nitrogens with one attached hydrogen (secondary N) is 3. The van der Waals surface area contributed by atoms with Crippen LogP contribution in [-0.4, -0.2) is 47.6 Å². The average Bonchev–Trinajstić information content (AvgIpc) is 3.30. The highest BCUT2D eigenvalue weighted by Crippen LogP contribution is 2.36. The summed E-state index contributed by atoms with van der Waals surface area (Å²) in [5, 5.41) is 15.5. The van der Waals surface area contributed by atoms with Gasteiger partial charge in [-0.2, -0.15) is 13.2 Å². The zero-order valence-electron chi connectivity index (χ0n) is 18.5. The topological polar surface area (TPSA) is 121 Å². The lowest BCUT2D eigenvalue weighted by Crippen LogP contribution is -2.41. The highest BCUT2D eigenvalue weighted by atomic mass is 19.4. The number of aromatic amines is 1. The number of ether oxygens (including phenoxy) is 1. The summed E-state index contributed by atoms with van der Waals surface area (Å²) in [6, 6.07) is 10.5. The molecule has 2 aromatic carbocycles. The number of carbonyl (C=O) groups excluding carboxylic acids is 1. The van der Waals surface area contributed by atoms with Gasteiger partial charge in [0.1, 0.15) is 6.23 Å². The third kappa shape index (κ3) is 5.11. The van der Waals surface area contributed by atoms with Crippen LogP contribution in [0, 0.1) is 0 Å². The maximum absolute atomic E-state index is 13.4. The Kier molecular flexibility index (Phi) is 6.75. The monoisotopic (exact) mass is 489 g/mol. The molecular formula is C24H22F3N3O5. The fraction of sp³-hybridized carbons (Fsp3) is 0.292. The summed E-state index contributed by atoms with van der Waals surface area (Å²) in [5.41, 5.74) is -0.850. The first-order valence-corrected chi connectivity index (χ1v) is 10.8. The molecule has 35 heavy (non-hydrogen) atoms. The lowest BCUT2D eigenvalue weighted by atomic mass is 10.0. The number of likely N-dealkylation sites (N-methyl/N-ethyl adjacent to an activating group) is 1. The van der Waals surface area contributed by atoms with Crippen LogP contribution in [0.4, 0.5) is 13.2 Å². The Morgan fingerprint density at radius 3 is 2.63 bits per heavy atom. The zero-order chi connectivity index (χ0) is 25.3. The molecular weight excluding hydrogens is 467 g/mol. The van der Waals surface area contributed by atoms with Gasteiger partial charge < -0.3 is 20.1 Å². The highest BCUT2D eigenvalue weighted by molar-refractivity contribution is 6.34. The predicted molar refractivity (Wildman–Crippen MR) is 121 cm³/mol. The van der Waals surface area contributed by atoms with Crippen molar-refractivity contribution in [3.63, 3.8) is 0 Å². The van der Waals surface area contributed by atoms with E-state index in [9.17, 15) is 27.6 Å². The van der Waals surface area contributed by atoms with Crippen LogP contribution in [0.5, 0.6) is 0 Å². The van der Waals surface area contributed by atoms with E-state index in [0.717, 1.165) is 6.07 Å². The first kappa shape index (κ1) is 24.6. The molecule has 8 nitrogen and oxygen atoms in total. The van der Waals surface area contributed by atoms with Gasteiger partial charge in [-0.3, -0.25) is 14.9 Å². The van der Waals surface area contributed by atoms with Gasteiger partial charge in [0.15, 0.2) is 0 Å². The summed E-state index contributed by atoms with van der Waals surface area (Å²) in [7, 11) is 1.49. The predicted octanol–water partition coefficient (Wildman–Crippen LogP) is 2.83. The maximum Gasteiger partial charge on any atom is 0.417 e. The van der Waals surface area contributed by atoms with E-state index in [1.54, 1.807) is 18.2 Å². The summed E-state index contributed by atoms with van der Waals surface area (Å²) in [6.07, 6.45) is -5.49. The highest BCUT2D eigenvalue weighted by Gasteiger charge is 2.34. The molecule has 4 rings (SSSR count). The number of H-pyrrole nitrogens is 1. The van der Waals surface area contributed by atoms with Crippen LogP contribution in [0.25, 0.3) is 22.0 Å². The maximum atomic E-state index is 13.4. The molecule has 4 N–H and O–H groups in total. The van der Waals surface area contributed by atoms with Crippen molar-refractivity contribution < 1.29 is 32.6 Å². The van der Waals surface area contributed by atoms with Crippen molar-refractivity contribution in [2.75, 3.05) is 13.6 Å². The molecule has 3 aromatic rings. The smallest absolute Gasteiger partial charge is 0.417 e. The third-order valence-corrected chi connectivity index (χ3v) is 5.93. The number of aliphatic carboxylic acids is 1. The number of halogens is 3. The molecule has 1 saturated heterocycles. The molecule has 1 aromatic heterocycles. The molecule has 3 atom stereocenters. The second kappa shape index (κ2) is 9.61. The van der Waals surface area contributed by atoms with Gasteiger partial charge in [0.2, 0.25) is 0 Å². The SMILES string of the molecule is CN[C@H](CC1CNC(c2ccc3cc(-c4ccccc4C(F)(F)F)[nH]c(=O)c3c2)O1)C(=O)C(=O)O. The first-order chi connectivity index (χ1) is 16.6. The van der Waals surface area contributed by atoms with Crippen LogP contribution in [-0.2, 0) is 20.5 Å². The minimum atomic E-state index is -4.57. The van der Waals surface area contributed by atoms with Crippen molar-refractivity contribution in [2.45, 2.75) is 31.0 Å². The summed E-state index contributed by atoms with van der Waals surface area (Å²) in [4.78, 5) is 38.1. The number of ketones is 1. The number of Topliss-reactive ketones (excluding diaryl/α,β-unsaturated/α-hetero) is 1. The van der Waals surface area contributed by atoms with E-state index in [1.807, 2.05) is 0 Å². The summed E-state index contributed by atoms with van der Waals surface area (Å²) < 4.78 is 46.2. The molecule has 0 saturated carbocycles. The average molecular weight is 489 g/mol. The number of hydrogen-bond acceptors (Lipinski definition) is 6. The number of hydrogen-bond donors (Lipinski definition) is 4. The summed E-state index contributed by atoms with van der Waals surface area (Å²) in [6.45, 7) is 0.358. The number of rotatable bonds is 7. The molecule has 0 bridgehead atoms. The standard InChI is InChI=1S/C24H22F3N3O5/c1-28-19(20(31)23(33)34)10-14-11-29-22(35-14)13-7-6-12-9-18(30-21(32)16(12)8-13)15-4-2-3-5-17(15)24(25,26)27/h2-9,14,19,22,28-29H,10-11H2,1H3,(H,30,32)(H,33,34)/t14?,19-,22?/m1/s1. The van der Waals surface area contributed by atoms with Crippen LogP contribution in [0.3, 0.4) is 0 Å². The van der Waals surface area contributed by atoms with Crippen LogP contribution in [0.2, 0.25) is 0 Å². The fourth-order valence-corrected chi connectivity index (χ4v) is 4.18. The van der Waals surface area contributed by atoms with Crippen LogP contribution in [0.1, 0.15) is 23.8 Å². The largest absolute Gasteiger partial charge is 0.475 e. The van der Waals surface area contributed by atoms with Crippen molar-refractivity contribution in [2.24, 2.45) is 0 Å². The van der Waals surface area contributed by atoms with E-state index < -0.39 is 47.4 Å². The van der Waals surface area contributed by atoms with Crippen molar-refractivity contribution in [3.8, 4) is 11.3 Å². The Morgan fingerprint density at radius 1 is 1.20 bits per heavy atom. The molecule has 11 heteroatoms. The lowest BCUT2D eigenvalue weighted by molar-refractivity contribution is -0.150. The molecule has 2 heterocycles. The van der Waals surface area contributed by atoms with Gasteiger partial charge in [-0.1, -0.05) is 30.3 Å². The second-order valence-corrected chi connectivity index (χ2v) is 8.19. The van der Waals surface area contributed by atoms with Gasteiger partial charge in [0.05, 0.1) is 17.7 Å². The molecule has 1 aliphatic rings. The van der Waals surface area contributed by atoms with Crippen LogP contribution >= 0.6 is 0 Å².